The molecule has 5 heteroatoms. The number of nitrogens with zero attached hydrogens (tertiary/aromatic N) is 1. The smallest absolute Gasteiger partial charge is 0.127 e. The van der Waals surface area contributed by atoms with Crippen molar-refractivity contribution in [3.63, 3.8) is 0 Å². The molecule has 8 aliphatic carbocycles. The van der Waals surface area contributed by atoms with E-state index in [0.717, 1.165) is 80.3 Å². The topological polar surface area (TPSA) is 53.4 Å². The molecule has 0 unspecified atom stereocenters. The normalized spacial score (nSPS) is 28.2. The second kappa shape index (κ2) is 17.5. The van der Waals surface area contributed by atoms with Gasteiger partial charge in [-0.15, -0.1) is 0 Å². The Morgan fingerprint density at radius 2 is 0.853 bits per heavy atom. The Morgan fingerprint density at radius 3 is 1.18 bits per heavy atom. The average Bonchev–Trinajstić information content (AvgIpc) is 3.26. The largest absolute Gasteiger partial charge is 0.507 e. The fourth-order valence-electron chi connectivity index (χ4n) is 16.1. The van der Waals surface area contributed by atoms with Crippen LogP contribution >= 0.6 is 0 Å². The number of aromatic nitrogens is 1. The SMILES string of the molecule is CCCC[Si](C)(C)c1cc(-c2ccccc2-c2cc(C(C)(C)C)cc(C34CC5CC(CC(C5)C3)C4)c2O)nc(-c2ccccc2-c2cc(C(C)(C)C)cc(C34CC5CC(CC(C5)C3)C4)c2O)c1.[Zr]. The third-order valence-corrected chi connectivity index (χ3v) is 22.4. The Labute approximate surface area is 429 Å². The first-order chi connectivity index (χ1) is 31.8. The van der Waals surface area contributed by atoms with E-state index in [0.29, 0.717) is 11.5 Å². The first-order valence-electron chi connectivity index (χ1n) is 26.8. The molecule has 1 aromatic heterocycles. The molecule has 5 aromatic rings. The van der Waals surface area contributed by atoms with E-state index in [4.69, 9.17) is 4.98 Å². The number of phenols is 2. The van der Waals surface area contributed by atoms with Crippen LogP contribution in [0, 0.1) is 35.5 Å². The molecule has 0 atom stereocenters. The molecule has 68 heavy (non-hydrogen) atoms. The third kappa shape index (κ3) is 8.50. The van der Waals surface area contributed by atoms with Gasteiger partial charge in [-0.25, -0.2) is 4.98 Å². The molecule has 2 N–H and O–H groups in total. The summed E-state index contributed by atoms with van der Waals surface area (Å²) in [6, 6.07) is 33.1. The molecule has 8 bridgehead atoms. The molecule has 0 spiro atoms. The summed E-state index contributed by atoms with van der Waals surface area (Å²) in [5.41, 5.74) is 13.1. The Morgan fingerprint density at radius 1 is 0.515 bits per heavy atom. The van der Waals surface area contributed by atoms with Gasteiger partial charge in [0.1, 0.15) is 11.5 Å². The van der Waals surface area contributed by atoms with Gasteiger partial charge < -0.3 is 10.2 Å². The summed E-state index contributed by atoms with van der Waals surface area (Å²) in [5.74, 6) is 5.70. The molecule has 0 amide bonds. The van der Waals surface area contributed by atoms with Gasteiger partial charge in [0.15, 0.2) is 0 Å². The van der Waals surface area contributed by atoms with Gasteiger partial charge in [-0.3, -0.25) is 0 Å². The van der Waals surface area contributed by atoms with Crippen molar-refractivity contribution in [3.8, 4) is 56.3 Å². The zero-order valence-corrected chi connectivity index (χ0v) is 46.5. The van der Waals surface area contributed by atoms with Crippen LogP contribution in [0.5, 0.6) is 11.5 Å². The van der Waals surface area contributed by atoms with Crippen LogP contribution in [-0.4, -0.2) is 23.3 Å². The summed E-state index contributed by atoms with van der Waals surface area (Å²) in [4.78, 5) is 5.75. The van der Waals surface area contributed by atoms with Gasteiger partial charge in [0.2, 0.25) is 0 Å². The first kappa shape index (κ1) is 48.4. The molecule has 4 aromatic carbocycles. The van der Waals surface area contributed by atoms with E-state index in [-0.39, 0.29) is 47.9 Å². The summed E-state index contributed by atoms with van der Waals surface area (Å²) in [5, 5.41) is 27.2. The maximum Gasteiger partial charge on any atom is 0.127 e. The molecular formula is C63H79NO2SiZr. The number of phenolic OH excluding ortho intramolecular Hbond substituents is 2. The Bertz CT molecular complexity index is 2490. The van der Waals surface area contributed by atoms with Crippen molar-refractivity contribution in [3.05, 3.63) is 107 Å². The van der Waals surface area contributed by atoms with Gasteiger partial charge in [-0.2, -0.15) is 0 Å². The van der Waals surface area contributed by atoms with Crippen LogP contribution in [-0.2, 0) is 47.9 Å². The van der Waals surface area contributed by atoms with Crippen LogP contribution < -0.4 is 5.19 Å². The van der Waals surface area contributed by atoms with E-state index >= 15 is 0 Å². The van der Waals surface area contributed by atoms with Crippen LogP contribution in [0.4, 0.5) is 0 Å². The summed E-state index contributed by atoms with van der Waals surface area (Å²) in [6.45, 7) is 21.4. The van der Waals surface area contributed by atoms with Crippen molar-refractivity contribution in [2.24, 2.45) is 35.5 Å². The predicted molar refractivity (Wildman–Crippen MR) is 283 cm³/mol. The van der Waals surface area contributed by atoms with Gasteiger partial charge in [-0.05, 0) is 181 Å². The molecule has 0 radical (unpaired) electrons. The molecule has 8 saturated carbocycles. The first-order valence-corrected chi connectivity index (χ1v) is 30.0. The van der Waals surface area contributed by atoms with Gasteiger partial charge in [0.25, 0.3) is 0 Å². The van der Waals surface area contributed by atoms with Crippen LogP contribution in [0.3, 0.4) is 0 Å². The van der Waals surface area contributed by atoms with Crippen molar-refractivity contribution >= 4 is 13.3 Å². The Balaban J connectivity index is 0.00000539. The number of aromatic hydroxyl groups is 2. The summed E-state index contributed by atoms with van der Waals surface area (Å²) in [6.07, 6.45) is 17.9. The maximum absolute atomic E-state index is 12.9. The van der Waals surface area contributed by atoms with E-state index < -0.39 is 8.07 Å². The van der Waals surface area contributed by atoms with E-state index in [2.05, 4.69) is 146 Å². The molecule has 0 saturated heterocycles. The number of hydrogen-bond acceptors (Lipinski definition) is 3. The van der Waals surface area contributed by atoms with Gasteiger partial charge in [0, 0.05) is 59.6 Å². The Hall–Kier alpha value is -3.27. The zero-order chi connectivity index (χ0) is 46.8. The molecule has 0 aliphatic heterocycles. The zero-order valence-electron chi connectivity index (χ0n) is 43.0. The molecule has 356 valence electrons. The van der Waals surface area contributed by atoms with Crippen LogP contribution in [0.1, 0.15) is 161 Å². The molecule has 8 aliphatic rings. The number of benzene rings is 4. The van der Waals surface area contributed by atoms with E-state index in [1.54, 1.807) is 0 Å². The summed E-state index contributed by atoms with van der Waals surface area (Å²) >= 11 is 0. The molecular weight excluding hydrogens is 922 g/mol. The molecule has 8 fully saturated rings. The van der Waals surface area contributed by atoms with Crippen molar-refractivity contribution in [1.82, 2.24) is 4.98 Å². The standard InChI is InChI=1S/C63H79NO2Si.Zr/c1-10-11-20-67(8,9)47-31-56(50-18-14-12-16-48(50)52-27-45(60(2,3)4)29-54(58(52)65)62-33-39-21-40(34-62)23-41(22-39)35-62)64-57(32-47)51-19-15-13-17-49(51)53-28-46(61(5,6)7)30-55(59(53)66)63-36-42-24-43(37-63)26-44(25-42)38-63;/h12-19,27-32,39-44,65-66H,10-11,20-26,33-38H2,1-9H3;. The summed E-state index contributed by atoms with van der Waals surface area (Å²) in [7, 11) is -1.95. The number of hydrogen-bond donors (Lipinski definition) is 2. The number of unbranched alkanes of at least 4 members (excludes halogenated alkanes) is 1. The minimum absolute atomic E-state index is 0. The van der Waals surface area contributed by atoms with Crippen LogP contribution in [0.15, 0.2) is 84.9 Å². The monoisotopic (exact) mass is 999 g/mol. The minimum Gasteiger partial charge on any atom is -0.507 e. The van der Waals surface area contributed by atoms with E-state index in [1.165, 1.54) is 123 Å². The minimum atomic E-state index is -1.95. The molecule has 13 rings (SSSR count). The maximum atomic E-state index is 12.9. The predicted octanol–water partition coefficient (Wildman–Crippen LogP) is 16.4. The molecule has 3 nitrogen and oxygen atoms in total. The Kier molecular flexibility index (Phi) is 12.4. The van der Waals surface area contributed by atoms with E-state index in [9.17, 15) is 10.2 Å². The molecule has 1 heterocycles. The van der Waals surface area contributed by atoms with Crippen LogP contribution in [0.25, 0.3) is 44.8 Å². The number of rotatable bonds is 10. The fourth-order valence-corrected chi connectivity index (χ4v) is 18.7. The van der Waals surface area contributed by atoms with Gasteiger partial charge in [-0.1, -0.05) is 146 Å². The summed E-state index contributed by atoms with van der Waals surface area (Å²) < 4.78 is 0. The quantitative estimate of drug-likeness (QED) is 0.137. The second-order valence-electron chi connectivity index (χ2n) is 26.4. The van der Waals surface area contributed by atoms with Crippen molar-refractivity contribution < 1.29 is 36.4 Å². The average molecular weight is 1000 g/mol. The third-order valence-electron chi connectivity index (χ3n) is 18.9. The number of pyridine rings is 1. The van der Waals surface area contributed by atoms with Gasteiger partial charge >= 0.3 is 0 Å². The van der Waals surface area contributed by atoms with Crippen molar-refractivity contribution in [2.75, 3.05) is 0 Å². The van der Waals surface area contributed by atoms with Crippen molar-refractivity contribution in [2.45, 2.75) is 179 Å². The van der Waals surface area contributed by atoms with Crippen LogP contribution in [0.2, 0.25) is 19.1 Å². The van der Waals surface area contributed by atoms with E-state index in [1.807, 2.05) is 0 Å². The second-order valence-corrected chi connectivity index (χ2v) is 31.3. The fraction of sp³-hybridized carbons (Fsp3) is 0.540. The van der Waals surface area contributed by atoms with Crippen molar-refractivity contribution in [1.29, 1.82) is 0 Å². The van der Waals surface area contributed by atoms with Gasteiger partial charge in [0.05, 0.1) is 19.5 Å².